The fourth-order valence-corrected chi connectivity index (χ4v) is 4.91. The molecule has 2 aliphatic rings. The fraction of sp³-hybridized carbons (Fsp3) is 0.769. The number of nitrogens with one attached hydrogen (secondary N) is 2. The van der Waals surface area contributed by atoms with Gasteiger partial charge in [-0.25, -0.2) is 17.5 Å². The molecule has 0 aliphatic carbocycles. The van der Waals surface area contributed by atoms with Crippen molar-refractivity contribution in [1.29, 1.82) is 0 Å². The summed E-state index contributed by atoms with van der Waals surface area (Å²) in [6, 6.07) is -1.55. The van der Waals surface area contributed by atoms with E-state index in [0.29, 0.717) is 12.8 Å². The second kappa shape index (κ2) is 6.83. The molecule has 2 aliphatic heterocycles. The molecule has 2 heterocycles. The smallest absolute Gasteiger partial charge is 0.321 e. The maximum Gasteiger partial charge on any atom is 0.321 e. The van der Waals surface area contributed by atoms with Crippen molar-refractivity contribution < 1.29 is 27.5 Å². The number of esters is 1. The third-order valence-electron chi connectivity index (χ3n) is 3.99. The van der Waals surface area contributed by atoms with Gasteiger partial charge in [-0.1, -0.05) is 0 Å². The molecule has 0 aromatic carbocycles. The number of urea groups is 1. The van der Waals surface area contributed by atoms with Crippen LogP contribution in [0.15, 0.2) is 0 Å². The minimum absolute atomic E-state index is 0.00832. The van der Waals surface area contributed by atoms with Gasteiger partial charge in [-0.3, -0.25) is 14.9 Å². The second-order valence-corrected chi connectivity index (χ2v) is 7.72. The monoisotopic (exact) mass is 347 g/mol. The zero-order valence-corrected chi connectivity index (χ0v) is 13.9. The van der Waals surface area contributed by atoms with Crippen LogP contribution in [0.4, 0.5) is 4.79 Å². The number of rotatable bonds is 4. The van der Waals surface area contributed by atoms with Gasteiger partial charge in [-0.15, -0.1) is 0 Å². The summed E-state index contributed by atoms with van der Waals surface area (Å²) in [6.45, 7) is 3.61. The Morgan fingerprint density at radius 2 is 2.09 bits per heavy atom. The van der Waals surface area contributed by atoms with Crippen molar-refractivity contribution in [3.05, 3.63) is 0 Å². The topological polar surface area (TPSA) is 122 Å². The molecule has 0 bridgehead atoms. The summed E-state index contributed by atoms with van der Waals surface area (Å²) >= 11 is 0. The summed E-state index contributed by atoms with van der Waals surface area (Å²) in [5.74, 6) is -1.81. The molecule has 0 spiro atoms. The van der Waals surface area contributed by atoms with E-state index in [4.69, 9.17) is 4.74 Å². The highest BCUT2D eigenvalue weighted by Gasteiger charge is 2.46. The van der Waals surface area contributed by atoms with Crippen LogP contribution >= 0.6 is 0 Å². The van der Waals surface area contributed by atoms with E-state index in [1.165, 1.54) is 6.92 Å². The first-order valence-corrected chi connectivity index (χ1v) is 9.04. The SMILES string of the molecule is CCOC(=O)C1CCCN(S(=O)(=O)C2C(=O)NC(=O)NC2C)C1. The highest BCUT2D eigenvalue weighted by atomic mass is 32.2. The molecule has 3 unspecified atom stereocenters. The minimum Gasteiger partial charge on any atom is -0.466 e. The largest absolute Gasteiger partial charge is 0.466 e. The molecule has 2 rings (SSSR count). The van der Waals surface area contributed by atoms with Crippen molar-refractivity contribution >= 4 is 27.9 Å². The average Bonchev–Trinajstić information content (AvgIpc) is 2.46. The molecular formula is C13H21N3O6S. The number of ether oxygens (including phenoxy) is 1. The molecule has 130 valence electrons. The number of hydrogen-bond donors (Lipinski definition) is 2. The van der Waals surface area contributed by atoms with Gasteiger partial charge < -0.3 is 10.1 Å². The molecule has 3 amide bonds. The summed E-state index contributed by atoms with van der Waals surface area (Å²) in [5.41, 5.74) is 0. The molecule has 10 heteroatoms. The van der Waals surface area contributed by atoms with Gasteiger partial charge in [-0.2, -0.15) is 0 Å². The Labute approximate surface area is 134 Å². The van der Waals surface area contributed by atoms with Gasteiger partial charge in [-0.05, 0) is 26.7 Å². The lowest BCUT2D eigenvalue weighted by Gasteiger charge is -2.36. The Bertz CT molecular complexity index is 605. The van der Waals surface area contributed by atoms with E-state index in [-0.39, 0.29) is 19.7 Å². The Hall–Kier alpha value is -1.68. The number of carbonyl (C=O) groups is 3. The van der Waals surface area contributed by atoms with E-state index in [9.17, 15) is 22.8 Å². The van der Waals surface area contributed by atoms with Gasteiger partial charge in [0.05, 0.1) is 18.6 Å². The maximum absolute atomic E-state index is 12.8. The molecule has 23 heavy (non-hydrogen) atoms. The standard InChI is InChI=1S/C13H21N3O6S/c1-3-22-12(18)9-5-4-6-16(7-9)23(20,21)10-8(2)14-13(19)15-11(10)17/h8-10H,3-7H2,1-2H3,(H2,14,15,17,19). The normalized spacial score (nSPS) is 29.6. The summed E-state index contributed by atoms with van der Waals surface area (Å²) in [4.78, 5) is 35.0. The molecule has 0 aromatic rings. The van der Waals surface area contributed by atoms with Gasteiger partial charge in [0.25, 0.3) is 0 Å². The van der Waals surface area contributed by atoms with Crippen LogP contribution in [0.3, 0.4) is 0 Å². The number of piperidine rings is 1. The zero-order chi connectivity index (χ0) is 17.2. The summed E-state index contributed by atoms with van der Waals surface area (Å²) in [5, 5.41) is 2.96. The minimum atomic E-state index is -3.99. The summed E-state index contributed by atoms with van der Waals surface area (Å²) in [6.07, 6.45) is 1.06. The van der Waals surface area contributed by atoms with Crippen LogP contribution in [-0.4, -0.2) is 61.6 Å². The highest BCUT2D eigenvalue weighted by molar-refractivity contribution is 7.90. The first-order chi connectivity index (χ1) is 10.8. The third kappa shape index (κ3) is 3.63. The van der Waals surface area contributed by atoms with Crippen LogP contribution in [0.1, 0.15) is 26.7 Å². The van der Waals surface area contributed by atoms with Crippen LogP contribution in [0, 0.1) is 5.92 Å². The molecule has 0 aromatic heterocycles. The summed E-state index contributed by atoms with van der Waals surface area (Å²) < 4.78 is 31.6. The predicted octanol–water partition coefficient (Wildman–Crippen LogP) is -0.812. The number of carbonyl (C=O) groups excluding carboxylic acids is 3. The Morgan fingerprint density at radius 1 is 1.39 bits per heavy atom. The molecule has 0 saturated carbocycles. The van der Waals surface area contributed by atoms with Crippen LogP contribution in [0.25, 0.3) is 0 Å². The van der Waals surface area contributed by atoms with E-state index in [1.54, 1.807) is 6.92 Å². The van der Waals surface area contributed by atoms with Crippen LogP contribution in [0.2, 0.25) is 0 Å². The lowest BCUT2D eigenvalue weighted by Crippen LogP contribution is -2.65. The van der Waals surface area contributed by atoms with Crippen LogP contribution in [0.5, 0.6) is 0 Å². The van der Waals surface area contributed by atoms with Crippen LogP contribution in [-0.2, 0) is 24.3 Å². The van der Waals surface area contributed by atoms with E-state index >= 15 is 0 Å². The lowest BCUT2D eigenvalue weighted by atomic mass is 10.0. The van der Waals surface area contributed by atoms with Gasteiger partial charge in [0.15, 0.2) is 5.25 Å². The van der Waals surface area contributed by atoms with Gasteiger partial charge in [0, 0.05) is 13.1 Å². The molecule has 9 nitrogen and oxygen atoms in total. The van der Waals surface area contributed by atoms with E-state index in [0.717, 1.165) is 4.31 Å². The molecule has 3 atom stereocenters. The Morgan fingerprint density at radius 3 is 2.70 bits per heavy atom. The maximum atomic E-state index is 12.8. The first-order valence-electron chi connectivity index (χ1n) is 7.54. The zero-order valence-electron chi connectivity index (χ0n) is 13.1. The second-order valence-electron chi connectivity index (χ2n) is 5.67. The molecule has 2 saturated heterocycles. The van der Waals surface area contributed by atoms with Gasteiger partial charge in [0.1, 0.15) is 0 Å². The predicted molar refractivity (Wildman–Crippen MR) is 79.8 cm³/mol. The summed E-state index contributed by atoms with van der Waals surface area (Å²) in [7, 11) is -3.99. The Balaban J connectivity index is 2.17. The first kappa shape index (κ1) is 17.7. The number of nitrogens with zero attached hydrogens (tertiary/aromatic N) is 1. The van der Waals surface area contributed by atoms with Crippen molar-refractivity contribution in [1.82, 2.24) is 14.9 Å². The van der Waals surface area contributed by atoms with Crippen molar-refractivity contribution in [2.75, 3.05) is 19.7 Å². The van der Waals surface area contributed by atoms with Crippen molar-refractivity contribution in [2.45, 2.75) is 38.0 Å². The Kier molecular flexibility index (Phi) is 5.25. The lowest BCUT2D eigenvalue weighted by molar-refractivity contribution is -0.149. The fourth-order valence-electron chi connectivity index (χ4n) is 2.91. The van der Waals surface area contributed by atoms with Crippen molar-refractivity contribution in [3.63, 3.8) is 0 Å². The molecule has 0 radical (unpaired) electrons. The van der Waals surface area contributed by atoms with Gasteiger partial charge in [0.2, 0.25) is 15.9 Å². The average molecular weight is 347 g/mol. The number of hydrogen-bond acceptors (Lipinski definition) is 6. The van der Waals surface area contributed by atoms with E-state index in [1.807, 2.05) is 5.32 Å². The van der Waals surface area contributed by atoms with E-state index in [2.05, 4.69) is 5.32 Å². The number of imide groups is 1. The third-order valence-corrected chi connectivity index (χ3v) is 6.31. The van der Waals surface area contributed by atoms with Crippen molar-refractivity contribution in [3.8, 4) is 0 Å². The van der Waals surface area contributed by atoms with Gasteiger partial charge >= 0.3 is 12.0 Å². The molecule has 2 N–H and O–H groups in total. The number of amides is 3. The molecular weight excluding hydrogens is 326 g/mol. The van der Waals surface area contributed by atoms with E-state index < -0.39 is 45.1 Å². The van der Waals surface area contributed by atoms with Crippen molar-refractivity contribution in [2.24, 2.45) is 5.92 Å². The highest BCUT2D eigenvalue weighted by Crippen LogP contribution is 2.24. The number of sulfonamides is 1. The quantitative estimate of drug-likeness (QED) is 0.641. The van der Waals surface area contributed by atoms with Crippen LogP contribution < -0.4 is 10.6 Å². The molecule has 2 fully saturated rings.